The van der Waals surface area contributed by atoms with Crippen molar-refractivity contribution in [2.24, 2.45) is 0 Å². The second-order valence-electron chi connectivity index (χ2n) is 5.32. The third kappa shape index (κ3) is 3.68. The van der Waals surface area contributed by atoms with Gasteiger partial charge < -0.3 is 4.74 Å². The van der Waals surface area contributed by atoms with E-state index in [0.29, 0.717) is 0 Å². The zero-order chi connectivity index (χ0) is 24.1. The average Bonchev–Trinajstić information content (AvgIpc) is 2.48. The summed E-state index contributed by atoms with van der Waals surface area (Å²) < 4.78 is 221. The van der Waals surface area contributed by atoms with Crippen LogP contribution in [0.1, 0.15) is 13.3 Å². The number of ether oxygens (including phenoxy) is 1. The van der Waals surface area contributed by atoms with Gasteiger partial charge in [0, 0.05) is 0 Å². The van der Waals surface area contributed by atoms with Gasteiger partial charge in [-0.05, 0) is 6.42 Å². The second-order valence-corrected chi connectivity index (χ2v) is 5.32. The lowest BCUT2D eigenvalue weighted by Gasteiger charge is -2.43. The molecule has 0 saturated carbocycles. The molecule has 0 aliphatic heterocycles. The summed E-state index contributed by atoms with van der Waals surface area (Å²) in [5.74, 6) is -33.6. The van der Waals surface area contributed by atoms with Crippen molar-refractivity contribution in [2.75, 3.05) is 6.61 Å². The van der Waals surface area contributed by atoms with Crippen molar-refractivity contribution in [3.63, 3.8) is 0 Å². The van der Waals surface area contributed by atoms with Gasteiger partial charge in [0.1, 0.15) is 0 Å². The van der Waals surface area contributed by atoms with Crippen LogP contribution >= 0.6 is 0 Å². The van der Waals surface area contributed by atoms with E-state index in [9.17, 15) is 74.6 Å². The lowest BCUT2D eigenvalue weighted by molar-refractivity contribution is -0.480. The first-order valence-corrected chi connectivity index (χ1v) is 6.66. The minimum atomic E-state index is -8.75. The third-order valence-corrected chi connectivity index (χ3v) is 3.25. The van der Waals surface area contributed by atoms with E-state index >= 15 is 0 Å². The average molecular weight is 478 g/mol. The Balaban J connectivity index is 6.78. The fourth-order valence-corrected chi connectivity index (χ4v) is 1.63. The van der Waals surface area contributed by atoms with Gasteiger partial charge in [-0.3, -0.25) is 0 Å². The molecule has 0 aromatic rings. The maximum absolute atomic E-state index is 13.3. The maximum Gasteiger partial charge on any atom is 0.438 e. The highest BCUT2D eigenvalue weighted by Crippen LogP contribution is 2.65. The lowest BCUT2D eigenvalue weighted by Crippen LogP contribution is -2.76. The molecule has 0 radical (unpaired) electrons. The van der Waals surface area contributed by atoms with Gasteiger partial charge in [0.05, 0.1) is 6.61 Å². The Morgan fingerprint density at radius 1 is 0.483 bits per heavy atom. The summed E-state index contributed by atoms with van der Waals surface area (Å²) in [4.78, 5) is 0. The van der Waals surface area contributed by atoms with Gasteiger partial charge in [-0.15, -0.1) is 0 Å². The smallest absolute Gasteiger partial charge is 0.316 e. The number of halogens is 17. The molecule has 0 amide bonds. The molecular formula is C11H7F17O. The quantitative estimate of drug-likeness (QED) is 0.368. The van der Waals surface area contributed by atoms with Crippen LogP contribution in [-0.2, 0) is 4.74 Å². The summed E-state index contributed by atoms with van der Waals surface area (Å²) >= 11 is 0. The van der Waals surface area contributed by atoms with E-state index in [2.05, 4.69) is 4.74 Å². The fraction of sp³-hybridized carbons (Fsp3) is 1.00. The Morgan fingerprint density at radius 2 is 0.793 bits per heavy atom. The summed E-state index contributed by atoms with van der Waals surface area (Å²) in [6.07, 6.45) is -23.7. The zero-order valence-electron chi connectivity index (χ0n) is 13.2. The van der Waals surface area contributed by atoms with E-state index in [1.54, 1.807) is 0 Å². The lowest BCUT2D eigenvalue weighted by atomic mass is 9.85. The summed E-state index contributed by atoms with van der Waals surface area (Å²) in [6, 6.07) is 0. The number of rotatable bonds is 8. The number of hydrogen-bond donors (Lipinski definition) is 0. The Bertz CT molecular complexity index is 557. The topological polar surface area (TPSA) is 9.23 Å². The fourth-order valence-electron chi connectivity index (χ4n) is 1.63. The van der Waals surface area contributed by atoms with E-state index in [1.165, 1.54) is 0 Å². The molecule has 29 heavy (non-hydrogen) atoms. The van der Waals surface area contributed by atoms with E-state index in [-0.39, 0.29) is 0 Å². The van der Waals surface area contributed by atoms with Gasteiger partial charge in [0.15, 0.2) is 0 Å². The predicted molar refractivity (Wildman–Crippen MR) is 56.9 cm³/mol. The molecule has 0 rings (SSSR count). The summed E-state index contributed by atoms with van der Waals surface area (Å²) in [5, 5.41) is 0. The van der Waals surface area contributed by atoms with E-state index in [4.69, 9.17) is 0 Å². The molecule has 0 aromatic carbocycles. The molecule has 0 saturated heterocycles. The summed E-state index contributed by atoms with van der Waals surface area (Å²) in [7, 11) is 0. The molecule has 176 valence electrons. The highest BCUT2D eigenvalue weighted by atomic mass is 19.4. The predicted octanol–water partition coefficient (Wildman–Crippen LogP) is 6.38. The van der Waals surface area contributed by atoms with Crippen molar-refractivity contribution >= 4 is 0 Å². The van der Waals surface area contributed by atoms with Gasteiger partial charge in [-0.2, -0.15) is 70.2 Å². The number of hydrogen-bond acceptors (Lipinski definition) is 1. The maximum atomic E-state index is 13.3. The first-order valence-electron chi connectivity index (χ1n) is 6.66. The minimum Gasteiger partial charge on any atom is -0.316 e. The van der Waals surface area contributed by atoms with Crippen molar-refractivity contribution < 1.29 is 79.4 Å². The molecule has 0 aromatic heterocycles. The number of alkyl halides is 17. The highest BCUT2D eigenvalue weighted by molar-refractivity contribution is 5.17. The van der Waals surface area contributed by atoms with Crippen LogP contribution in [0.15, 0.2) is 0 Å². The van der Waals surface area contributed by atoms with Crippen LogP contribution in [0.3, 0.4) is 0 Å². The Kier molecular flexibility index (Phi) is 6.87. The van der Waals surface area contributed by atoms with Crippen LogP contribution < -0.4 is 0 Å². The van der Waals surface area contributed by atoms with Gasteiger partial charge in [-0.25, -0.2) is 4.39 Å². The van der Waals surface area contributed by atoms with Gasteiger partial charge >= 0.3 is 47.8 Å². The zero-order valence-corrected chi connectivity index (χ0v) is 13.2. The van der Waals surface area contributed by atoms with Gasteiger partial charge in [0.2, 0.25) is 0 Å². The monoisotopic (exact) mass is 478 g/mol. The van der Waals surface area contributed by atoms with Crippen molar-refractivity contribution in [1.29, 1.82) is 0 Å². The summed E-state index contributed by atoms with van der Waals surface area (Å²) in [5.41, 5.74) is -8.53. The van der Waals surface area contributed by atoms with Crippen molar-refractivity contribution in [3.05, 3.63) is 0 Å². The molecule has 0 fully saturated rings. The van der Waals surface area contributed by atoms with Crippen LogP contribution in [0.4, 0.5) is 74.6 Å². The Hall–Kier alpha value is -1.23. The Morgan fingerprint density at radius 3 is 1.07 bits per heavy atom. The first-order chi connectivity index (χ1) is 12.3. The van der Waals surface area contributed by atoms with Crippen LogP contribution in [0.25, 0.3) is 0 Å². The van der Waals surface area contributed by atoms with Crippen molar-refractivity contribution in [2.45, 2.75) is 61.2 Å². The molecule has 0 atom stereocenters. The molecular weight excluding hydrogens is 471 g/mol. The normalized spacial score (nSPS) is 16.3. The van der Waals surface area contributed by atoms with Crippen LogP contribution in [0.2, 0.25) is 0 Å². The molecule has 0 aliphatic carbocycles. The van der Waals surface area contributed by atoms with E-state index in [1.807, 2.05) is 0 Å². The van der Waals surface area contributed by atoms with Crippen LogP contribution in [0, 0.1) is 0 Å². The van der Waals surface area contributed by atoms with Crippen LogP contribution in [0.5, 0.6) is 0 Å². The Labute approximate surface area is 148 Å². The van der Waals surface area contributed by atoms with Gasteiger partial charge in [-0.1, -0.05) is 6.92 Å². The molecule has 0 N–H and O–H groups in total. The molecule has 0 heterocycles. The molecule has 18 heteroatoms. The minimum absolute atomic E-state index is 0.695. The van der Waals surface area contributed by atoms with E-state index in [0.717, 1.165) is 6.92 Å². The molecule has 0 unspecified atom stereocenters. The standard InChI is InChI=1S/C11H7F17O/c1-2-3-29-11(27,28)8(19,20)7(17,18)6(15,16)5(13,14)4(12,9(21,22)23)10(24,25)26/h2-3H2,1H3. The van der Waals surface area contributed by atoms with Crippen molar-refractivity contribution in [3.8, 4) is 0 Å². The molecule has 0 bridgehead atoms. The molecule has 0 aliphatic rings. The molecule has 1 nitrogen and oxygen atoms in total. The third-order valence-electron chi connectivity index (χ3n) is 3.25. The largest absolute Gasteiger partial charge is 0.438 e. The van der Waals surface area contributed by atoms with Crippen molar-refractivity contribution in [1.82, 2.24) is 0 Å². The SMILES string of the molecule is CCCOC(F)(F)C(F)(F)C(F)(F)C(F)(F)C(F)(F)C(F)(C(F)(F)F)C(F)(F)F. The van der Waals surface area contributed by atoms with Crippen LogP contribution in [-0.4, -0.2) is 54.4 Å². The molecule has 0 spiro atoms. The van der Waals surface area contributed by atoms with Gasteiger partial charge in [0.25, 0.3) is 0 Å². The second kappa shape index (κ2) is 7.18. The first kappa shape index (κ1) is 27.8. The van der Waals surface area contributed by atoms with E-state index < -0.39 is 60.8 Å². The highest BCUT2D eigenvalue weighted by Gasteiger charge is 2.97. The summed E-state index contributed by atoms with van der Waals surface area (Å²) in [6.45, 7) is -0.752.